The van der Waals surface area contributed by atoms with Crippen molar-refractivity contribution in [2.45, 2.75) is 25.4 Å². The second-order valence-electron chi connectivity index (χ2n) is 7.62. The topological polar surface area (TPSA) is 59.6 Å². The van der Waals surface area contributed by atoms with Crippen LogP contribution >= 0.6 is 43.6 Å². The molecule has 1 aliphatic rings. The number of hydrogen-bond donors (Lipinski definition) is 2. The van der Waals surface area contributed by atoms with E-state index in [9.17, 15) is 4.79 Å². The molecule has 0 spiro atoms. The number of anilines is 1. The molecule has 0 unspecified atom stereocenters. The van der Waals surface area contributed by atoms with Gasteiger partial charge in [-0.25, -0.2) is 0 Å². The van der Waals surface area contributed by atoms with Crippen molar-refractivity contribution in [1.29, 1.82) is 0 Å². The Balaban J connectivity index is 1.46. The molecule has 176 valence electrons. The quantitative estimate of drug-likeness (QED) is 0.273. The first-order valence-electron chi connectivity index (χ1n) is 10.7. The second-order valence-corrected chi connectivity index (χ2v) is 10.5. The van der Waals surface area contributed by atoms with Crippen LogP contribution in [-0.4, -0.2) is 18.5 Å². The third-order valence-corrected chi connectivity index (χ3v) is 7.38. The van der Waals surface area contributed by atoms with Gasteiger partial charge in [0.2, 0.25) is 0 Å². The molecule has 0 radical (unpaired) electrons. The van der Waals surface area contributed by atoms with E-state index in [1.165, 1.54) is 17.3 Å². The molecule has 3 aromatic rings. The molecule has 1 saturated heterocycles. The number of hydrogen-bond acceptors (Lipinski definition) is 5. The van der Waals surface area contributed by atoms with E-state index < -0.39 is 0 Å². The van der Waals surface area contributed by atoms with E-state index in [4.69, 9.17) is 9.47 Å². The summed E-state index contributed by atoms with van der Waals surface area (Å²) in [7, 11) is 1.60. The molecule has 1 amide bonds. The van der Waals surface area contributed by atoms with E-state index in [2.05, 4.69) is 61.5 Å². The van der Waals surface area contributed by atoms with Gasteiger partial charge >= 0.3 is 0 Å². The Morgan fingerprint density at radius 2 is 1.76 bits per heavy atom. The maximum absolute atomic E-state index is 12.6. The molecule has 3 aromatic carbocycles. The highest BCUT2D eigenvalue weighted by atomic mass is 79.9. The van der Waals surface area contributed by atoms with Gasteiger partial charge in [0.25, 0.3) is 5.91 Å². The number of carbonyl (C=O) groups is 1. The van der Waals surface area contributed by atoms with Crippen LogP contribution < -0.4 is 20.1 Å². The second kappa shape index (κ2) is 11.3. The van der Waals surface area contributed by atoms with Gasteiger partial charge < -0.3 is 20.1 Å². The van der Waals surface area contributed by atoms with Crippen LogP contribution in [0.15, 0.2) is 74.5 Å². The number of aryl methyl sites for hydroxylation is 1. The molecule has 4 rings (SSSR count). The molecule has 0 aliphatic carbocycles. The monoisotopic (exact) mass is 602 g/mol. The molecule has 0 bridgehead atoms. The Bertz CT molecular complexity index is 1200. The van der Waals surface area contributed by atoms with E-state index in [1.807, 2.05) is 54.6 Å². The average molecular weight is 604 g/mol. The van der Waals surface area contributed by atoms with Crippen molar-refractivity contribution < 1.29 is 14.3 Å². The molecular weight excluding hydrogens is 580 g/mol. The van der Waals surface area contributed by atoms with Crippen molar-refractivity contribution in [3.8, 4) is 11.5 Å². The highest BCUT2D eigenvalue weighted by Crippen LogP contribution is 2.39. The normalized spacial score (nSPS) is 16.4. The highest BCUT2D eigenvalue weighted by Gasteiger charge is 2.27. The molecule has 0 saturated carbocycles. The maximum Gasteiger partial charge on any atom is 0.260 e. The smallest absolute Gasteiger partial charge is 0.260 e. The van der Waals surface area contributed by atoms with Crippen LogP contribution in [-0.2, 0) is 17.8 Å². The fraction of sp³-hybridized carbons (Fsp3) is 0.192. The SMILES string of the molecule is CCc1ccc(N[C@@H]2NC(=O)/C(=C/c3cc(Br)c(OCc4ccc(Br)cc4)c(OC)c3)S2)cc1. The van der Waals surface area contributed by atoms with E-state index in [0.29, 0.717) is 23.0 Å². The van der Waals surface area contributed by atoms with Gasteiger partial charge in [-0.05, 0) is 81.5 Å². The fourth-order valence-electron chi connectivity index (χ4n) is 3.40. The summed E-state index contributed by atoms with van der Waals surface area (Å²) in [6, 6.07) is 20.0. The summed E-state index contributed by atoms with van der Waals surface area (Å²) in [5.41, 5.74) is 3.90. The van der Waals surface area contributed by atoms with Crippen molar-refractivity contribution in [2.24, 2.45) is 0 Å². The molecule has 2 N–H and O–H groups in total. The summed E-state index contributed by atoms with van der Waals surface area (Å²) in [6.45, 7) is 2.54. The predicted octanol–water partition coefficient (Wildman–Crippen LogP) is 6.96. The minimum absolute atomic E-state index is 0.113. The van der Waals surface area contributed by atoms with Crippen LogP contribution in [0.25, 0.3) is 6.08 Å². The molecule has 1 fully saturated rings. The van der Waals surface area contributed by atoms with Gasteiger partial charge in [-0.1, -0.05) is 58.9 Å². The summed E-state index contributed by atoms with van der Waals surface area (Å²) in [6.07, 6.45) is 2.85. The lowest BCUT2D eigenvalue weighted by atomic mass is 10.1. The van der Waals surface area contributed by atoms with Crippen LogP contribution in [0.3, 0.4) is 0 Å². The van der Waals surface area contributed by atoms with E-state index >= 15 is 0 Å². The standard InChI is InChI=1S/C26H24Br2N2O3S/c1-3-16-6-10-20(11-7-16)29-26-30-25(31)23(34-26)14-18-12-21(28)24(22(13-18)32-2)33-15-17-4-8-19(27)9-5-17/h4-14,26,29H,3,15H2,1-2H3,(H,30,31)/b23-14-/t26-/m1/s1. The number of carbonyl (C=O) groups excluding carboxylic acids is 1. The van der Waals surface area contributed by atoms with Crippen LogP contribution in [0.2, 0.25) is 0 Å². The summed E-state index contributed by atoms with van der Waals surface area (Å²) in [5.74, 6) is 1.09. The zero-order valence-corrected chi connectivity index (χ0v) is 22.7. The van der Waals surface area contributed by atoms with Crippen LogP contribution in [0.5, 0.6) is 11.5 Å². The molecule has 8 heteroatoms. The summed E-state index contributed by atoms with van der Waals surface area (Å²) in [5, 5.41) is 6.32. The Kier molecular flexibility index (Phi) is 8.24. The lowest BCUT2D eigenvalue weighted by Gasteiger charge is -2.14. The molecule has 1 heterocycles. The number of rotatable bonds is 8. The molecule has 1 aliphatic heterocycles. The van der Waals surface area contributed by atoms with Gasteiger partial charge in [0, 0.05) is 10.2 Å². The average Bonchev–Trinajstić information content (AvgIpc) is 3.17. The van der Waals surface area contributed by atoms with Crippen molar-refractivity contribution in [2.75, 3.05) is 12.4 Å². The third kappa shape index (κ3) is 6.17. The van der Waals surface area contributed by atoms with Crippen LogP contribution in [0, 0.1) is 0 Å². The van der Waals surface area contributed by atoms with Crippen molar-refractivity contribution in [3.63, 3.8) is 0 Å². The number of ether oxygens (including phenoxy) is 2. The number of benzene rings is 3. The lowest BCUT2D eigenvalue weighted by Crippen LogP contribution is -2.30. The van der Waals surface area contributed by atoms with Gasteiger partial charge in [0.05, 0.1) is 16.5 Å². The first-order valence-corrected chi connectivity index (χ1v) is 13.2. The number of halogens is 2. The van der Waals surface area contributed by atoms with Crippen molar-refractivity contribution >= 4 is 61.3 Å². The molecule has 0 aromatic heterocycles. The zero-order chi connectivity index (χ0) is 24.1. The van der Waals surface area contributed by atoms with E-state index in [0.717, 1.165) is 32.2 Å². The minimum Gasteiger partial charge on any atom is -0.493 e. The molecular formula is C26H24Br2N2O3S. The third-order valence-electron chi connectivity index (χ3n) is 5.24. The van der Waals surface area contributed by atoms with Crippen LogP contribution in [0.1, 0.15) is 23.6 Å². The van der Waals surface area contributed by atoms with Gasteiger partial charge in [0.15, 0.2) is 17.0 Å². The van der Waals surface area contributed by atoms with Crippen molar-refractivity contribution in [3.05, 3.63) is 91.2 Å². The first-order chi connectivity index (χ1) is 16.4. The summed E-state index contributed by atoms with van der Waals surface area (Å²) >= 11 is 8.48. The van der Waals surface area contributed by atoms with Gasteiger partial charge in [-0.15, -0.1) is 0 Å². The predicted molar refractivity (Wildman–Crippen MR) is 146 cm³/mol. The number of thioether (sulfide) groups is 1. The lowest BCUT2D eigenvalue weighted by molar-refractivity contribution is -0.116. The first kappa shape index (κ1) is 24.7. The largest absolute Gasteiger partial charge is 0.493 e. The van der Waals surface area contributed by atoms with E-state index in [-0.39, 0.29) is 11.4 Å². The molecule has 34 heavy (non-hydrogen) atoms. The van der Waals surface area contributed by atoms with E-state index in [1.54, 1.807) is 7.11 Å². The van der Waals surface area contributed by atoms with Gasteiger partial charge in [-0.2, -0.15) is 0 Å². The number of nitrogens with one attached hydrogen (secondary N) is 2. The van der Waals surface area contributed by atoms with Gasteiger partial charge in [0.1, 0.15) is 6.61 Å². The summed E-state index contributed by atoms with van der Waals surface area (Å²) < 4.78 is 13.4. The Morgan fingerprint density at radius 1 is 1.06 bits per heavy atom. The maximum atomic E-state index is 12.6. The zero-order valence-electron chi connectivity index (χ0n) is 18.7. The molecule has 1 atom stereocenters. The Hall–Kier alpha value is -2.42. The van der Waals surface area contributed by atoms with Gasteiger partial charge in [-0.3, -0.25) is 4.79 Å². The fourth-order valence-corrected chi connectivity index (χ4v) is 5.23. The Labute approximate surface area is 220 Å². The number of amides is 1. The molecule has 5 nitrogen and oxygen atoms in total. The highest BCUT2D eigenvalue weighted by molar-refractivity contribution is 9.10. The van der Waals surface area contributed by atoms with Crippen molar-refractivity contribution in [1.82, 2.24) is 5.32 Å². The Morgan fingerprint density at radius 3 is 2.44 bits per heavy atom. The summed E-state index contributed by atoms with van der Waals surface area (Å²) in [4.78, 5) is 13.2. The number of methoxy groups -OCH3 is 1. The minimum atomic E-state index is -0.231. The van der Waals surface area contributed by atoms with Crippen LogP contribution in [0.4, 0.5) is 5.69 Å².